The number of likely N-dealkylation sites (tertiary alicyclic amines) is 1. The highest BCUT2D eigenvalue weighted by atomic mass is 16.5. The molecule has 1 aromatic rings. The van der Waals surface area contributed by atoms with E-state index >= 15 is 0 Å². The van der Waals surface area contributed by atoms with Crippen LogP contribution in [0, 0.1) is 0 Å². The Hall–Kier alpha value is -1.46. The fourth-order valence-corrected chi connectivity index (χ4v) is 3.46. The molecule has 1 aliphatic rings. The molecule has 0 spiro atoms. The number of nitrogens with one attached hydrogen (secondary N) is 1. The van der Waals surface area contributed by atoms with Crippen molar-refractivity contribution in [3.63, 3.8) is 0 Å². The number of ether oxygens (including phenoxy) is 3. The van der Waals surface area contributed by atoms with Gasteiger partial charge >= 0.3 is 0 Å². The molecule has 0 radical (unpaired) electrons. The monoisotopic (exact) mass is 324 g/mol. The first-order valence-corrected chi connectivity index (χ1v) is 8.44. The highest BCUT2D eigenvalue weighted by molar-refractivity contribution is 5.51. The van der Waals surface area contributed by atoms with Crippen LogP contribution in [0.5, 0.6) is 17.2 Å². The van der Waals surface area contributed by atoms with Crippen molar-refractivity contribution in [1.82, 2.24) is 0 Å². The summed E-state index contributed by atoms with van der Waals surface area (Å²) < 4.78 is 16.4. The number of benzene rings is 1. The summed E-state index contributed by atoms with van der Waals surface area (Å²) in [6, 6.07) is 6.68. The Labute approximate surface area is 139 Å². The summed E-state index contributed by atoms with van der Waals surface area (Å²) in [7, 11) is 3.19. The van der Waals surface area contributed by atoms with E-state index in [0.717, 1.165) is 0 Å². The number of rotatable bonds is 7. The van der Waals surface area contributed by atoms with Gasteiger partial charge in [0, 0.05) is 0 Å². The van der Waals surface area contributed by atoms with Gasteiger partial charge in [0.15, 0.2) is 11.5 Å². The summed E-state index contributed by atoms with van der Waals surface area (Å²) in [6.07, 6.45) is 3.24. The predicted molar refractivity (Wildman–Crippen MR) is 89.7 cm³/mol. The smallest absolute Gasteiger partial charge is 0.203 e. The van der Waals surface area contributed by atoms with Crippen LogP contribution in [0.1, 0.15) is 33.1 Å². The van der Waals surface area contributed by atoms with E-state index in [9.17, 15) is 5.11 Å². The maximum atomic E-state index is 10.4. The van der Waals surface area contributed by atoms with E-state index in [-0.39, 0.29) is 6.61 Å². The third kappa shape index (κ3) is 4.52. The summed E-state index contributed by atoms with van der Waals surface area (Å²) in [4.78, 5) is 1.47. The van der Waals surface area contributed by atoms with E-state index in [2.05, 4.69) is 13.8 Å². The van der Waals surface area contributed by atoms with Gasteiger partial charge in [0.05, 0.1) is 26.3 Å². The first-order chi connectivity index (χ1) is 11.1. The van der Waals surface area contributed by atoms with Crippen molar-refractivity contribution in [2.45, 2.75) is 51.3 Å². The molecule has 0 amide bonds. The SMILES string of the molecule is COc1cccc(OC)c1OC[C@@H](O)C[NH+]1[C@@H](C)CCC[C@@H]1C. The van der Waals surface area contributed by atoms with Crippen molar-refractivity contribution in [2.24, 2.45) is 0 Å². The van der Waals surface area contributed by atoms with Crippen LogP contribution >= 0.6 is 0 Å². The molecule has 1 fully saturated rings. The van der Waals surface area contributed by atoms with Crippen molar-refractivity contribution in [1.29, 1.82) is 0 Å². The number of para-hydroxylation sites is 1. The average molecular weight is 324 g/mol. The first kappa shape index (κ1) is 17.9. The molecular formula is C18H30NO4+. The van der Waals surface area contributed by atoms with Crippen molar-refractivity contribution in [3.05, 3.63) is 18.2 Å². The van der Waals surface area contributed by atoms with E-state index in [4.69, 9.17) is 14.2 Å². The molecule has 2 rings (SSSR count). The highest BCUT2D eigenvalue weighted by Gasteiger charge is 2.30. The van der Waals surface area contributed by atoms with Crippen molar-refractivity contribution < 1.29 is 24.2 Å². The fourth-order valence-electron chi connectivity index (χ4n) is 3.46. The van der Waals surface area contributed by atoms with Crippen LogP contribution in [0.4, 0.5) is 0 Å². The third-order valence-electron chi connectivity index (χ3n) is 4.81. The van der Waals surface area contributed by atoms with Crippen LogP contribution in [-0.2, 0) is 0 Å². The minimum atomic E-state index is -0.511. The zero-order valence-electron chi connectivity index (χ0n) is 14.7. The third-order valence-corrected chi connectivity index (χ3v) is 4.81. The molecule has 130 valence electrons. The van der Waals surface area contributed by atoms with Crippen LogP contribution in [0.25, 0.3) is 0 Å². The minimum Gasteiger partial charge on any atom is -0.493 e. The Morgan fingerprint density at radius 3 is 2.22 bits per heavy atom. The lowest BCUT2D eigenvalue weighted by atomic mass is 9.97. The van der Waals surface area contributed by atoms with Crippen LogP contribution in [0.3, 0.4) is 0 Å². The largest absolute Gasteiger partial charge is 0.493 e. The van der Waals surface area contributed by atoms with Gasteiger partial charge in [-0.1, -0.05) is 6.07 Å². The molecule has 23 heavy (non-hydrogen) atoms. The first-order valence-electron chi connectivity index (χ1n) is 8.44. The molecule has 5 nitrogen and oxygen atoms in total. The van der Waals surface area contributed by atoms with Crippen LogP contribution in [0.2, 0.25) is 0 Å². The lowest BCUT2D eigenvalue weighted by Gasteiger charge is -2.36. The van der Waals surface area contributed by atoms with E-state index in [1.165, 1.54) is 24.2 Å². The Kier molecular flexibility index (Phi) is 6.54. The van der Waals surface area contributed by atoms with Gasteiger partial charge in [-0.05, 0) is 45.2 Å². The van der Waals surface area contributed by atoms with Crippen LogP contribution < -0.4 is 19.1 Å². The number of hydrogen-bond donors (Lipinski definition) is 2. The predicted octanol–water partition coefficient (Wildman–Crippen LogP) is 1.29. The number of piperidine rings is 1. The average Bonchev–Trinajstić information content (AvgIpc) is 2.56. The summed E-state index contributed by atoms with van der Waals surface area (Å²) >= 11 is 0. The van der Waals surface area contributed by atoms with Crippen molar-refractivity contribution in [3.8, 4) is 17.2 Å². The maximum absolute atomic E-state index is 10.4. The number of quaternary nitrogens is 1. The lowest BCUT2D eigenvalue weighted by Crippen LogP contribution is -3.20. The molecule has 1 heterocycles. The second-order valence-corrected chi connectivity index (χ2v) is 6.47. The van der Waals surface area contributed by atoms with Crippen molar-refractivity contribution >= 4 is 0 Å². The van der Waals surface area contributed by atoms with Gasteiger partial charge in [-0.15, -0.1) is 0 Å². The lowest BCUT2D eigenvalue weighted by molar-refractivity contribution is -0.954. The Balaban J connectivity index is 1.95. The topological polar surface area (TPSA) is 52.4 Å². The Bertz CT molecular complexity index is 462. The van der Waals surface area contributed by atoms with Gasteiger partial charge in [-0.25, -0.2) is 0 Å². The van der Waals surface area contributed by atoms with E-state index in [0.29, 0.717) is 35.9 Å². The Morgan fingerprint density at radius 1 is 1.13 bits per heavy atom. The fraction of sp³-hybridized carbons (Fsp3) is 0.667. The van der Waals surface area contributed by atoms with E-state index in [1.807, 2.05) is 18.2 Å². The van der Waals surface area contributed by atoms with Gasteiger partial charge < -0.3 is 24.2 Å². The maximum Gasteiger partial charge on any atom is 0.203 e. The van der Waals surface area contributed by atoms with Gasteiger partial charge in [0.25, 0.3) is 0 Å². The number of aliphatic hydroxyl groups is 1. The molecule has 0 bridgehead atoms. The second-order valence-electron chi connectivity index (χ2n) is 6.47. The van der Waals surface area contributed by atoms with Crippen LogP contribution in [0.15, 0.2) is 18.2 Å². The number of methoxy groups -OCH3 is 2. The summed E-state index contributed by atoms with van der Waals surface area (Å²) in [5, 5.41) is 10.4. The molecule has 2 N–H and O–H groups in total. The van der Waals surface area contributed by atoms with Gasteiger partial charge in [0.1, 0.15) is 19.3 Å². The summed E-state index contributed by atoms with van der Waals surface area (Å²) in [6.45, 7) is 5.48. The molecule has 0 saturated carbocycles. The van der Waals surface area contributed by atoms with Gasteiger partial charge in [0.2, 0.25) is 5.75 Å². The van der Waals surface area contributed by atoms with Crippen LogP contribution in [-0.4, -0.2) is 50.7 Å². The zero-order chi connectivity index (χ0) is 16.8. The number of aliphatic hydroxyl groups excluding tert-OH is 1. The van der Waals surface area contributed by atoms with Crippen molar-refractivity contribution in [2.75, 3.05) is 27.4 Å². The molecule has 1 aromatic carbocycles. The molecule has 0 aromatic heterocycles. The normalized spacial score (nSPS) is 23.3. The zero-order valence-corrected chi connectivity index (χ0v) is 14.7. The van der Waals surface area contributed by atoms with E-state index < -0.39 is 6.10 Å². The highest BCUT2D eigenvalue weighted by Crippen LogP contribution is 2.36. The molecule has 5 heteroatoms. The molecule has 1 saturated heterocycles. The quantitative estimate of drug-likeness (QED) is 0.794. The molecule has 3 atom stereocenters. The molecule has 0 aliphatic carbocycles. The standard InChI is InChI=1S/C18H29NO4/c1-13-7-5-8-14(2)19(13)11-15(20)12-23-18-16(21-3)9-6-10-17(18)22-4/h6,9-10,13-15,20H,5,7-8,11-12H2,1-4H3/p+1/t13-,14-,15-/m0/s1. The number of hydrogen-bond acceptors (Lipinski definition) is 4. The Morgan fingerprint density at radius 2 is 1.70 bits per heavy atom. The van der Waals surface area contributed by atoms with E-state index in [1.54, 1.807) is 14.2 Å². The molecule has 1 aliphatic heterocycles. The summed E-state index contributed by atoms with van der Waals surface area (Å²) in [5.74, 6) is 1.78. The summed E-state index contributed by atoms with van der Waals surface area (Å²) in [5.41, 5.74) is 0. The minimum absolute atomic E-state index is 0.236. The molecular weight excluding hydrogens is 294 g/mol. The molecule has 0 unspecified atom stereocenters. The van der Waals surface area contributed by atoms with Gasteiger partial charge in [-0.2, -0.15) is 0 Å². The van der Waals surface area contributed by atoms with Gasteiger partial charge in [-0.3, -0.25) is 0 Å². The second kappa shape index (κ2) is 8.41.